The molecule has 0 aliphatic heterocycles. The summed E-state index contributed by atoms with van der Waals surface area (Å²) in [6.45, 7) is 1.23. The summed E-state index contributed by atoms with van der Waals surface area (Å²) in [5.74, 6) is 0. The van der Waals surface area contributed by atoms with Crippen LogP contribution in [0.3, 0.4) is 0 Å². The molecule has 0 bridgehead atoms. The fourth-order valence-electron chi connectivity index (χ4n) is 1.51. The van der Waals surface area contributed by atoms with E-state index in [9.17, 15) is 15.0 Å². The molecule has 2 aromatic rings. The quantitative estimate of drug-likeness (QED) is 0.765. The summed E-state index contributed by atoms with van der Waals surface area (Å²) in [5.41, 5.74) is -0.961. The summed E-state index contributed by atoms with van der Waals surface area (Å²) in [4.78, 5) is 12.1. The molecule has 0 saturated carbocycles. The Morgan fingerprint density at radius 1 is 1.31 bits per heavy atom. The average Bonchev–Trinajstić information content (AvgIpc) is 2.67. The number of benzene rings is 1. The molecule has 2 rings (SSSR count). The zero-order valence-corrected chi connectivity index (χ0v) is 10.6. The van der Waals surface area contributed by atoms with Crippen molar-refractivity contribution in [2.45, 2.75) is 12.5 Å². The Labute approximate surface area is 98.7 Å². The molecule has 4 nitrogen and oxygen atoms in total. The Kier molecular flexibility index (Phi) is 3.04. The molecular weight excluding hydrogens is 273 g/mol. The predicted molar refractivity (Wildman–Crippen MR) is 63.0 cm³/mol. The third kappa shape index (κ3) is 1.66. The van der Waals surface area contributed by atoms with Crippen molar-refractivity contribution < 1.29 is 10.2 Å². The zero-order chi connectivity index (χ0) is 11.8. The number of aromatic nitrogens is 1. The van der Waals surface area contributed by atoms with Gasteiger partial charge in [-0.15, -0.1) is 0 Å². The number of aliphatic hydroxyl groups excluding tert-OH is 2. The Bertz CT molecular complexity index is 554. The molecular formula is C11H13NO3Se. The van der Waals surface area contributed by atoms with Gasteiger partial charge in [-0.1, -0.05) is 0 Å². The molecule has 0 fully saturated rings. The van der Waals surface area contributed by atoms with E-state index >= 15 is 0 Å². The molecule has 0 atom stereocenters. The van der Waals surface area contributed by atoms with E-state index in [0.717, 1.165) is 4.26 Å². The first-order valence-corrected chi connectivity index (χ1v) is 6.58. The van der Waals surface area contributed by atoms with Gasteiger partial charge in [0.05, 0.1) is 0 Å². The van der Waals surface area contributed by atoms with Gasteiger partial charge in [0.2, 0.25) is 0 Å². The average molecular weight is 286 g/mol. The van der Waals surface area contributed by atoms with Crippen LogP contribution in [-0.4, -0.2) is 41.7 Å². The van der Waals surface area contributed by atoms with Crippen LogP contribution in [0.25, 0.3) is 9.65 Å². The standard InChI is InChI=1S/C11H13NO3Se/c1-11(6-13,7-14)12-10(15)8-4-2-3-5-9(8)16-12/h2-5,13-14H,6-7H2,1H3. The zero-order valence-electron chi connectivity index (χ0n) is 8.88. The van der Waals surface area contributed by atoms with Crippen LogP contribution in [0.5, 0.6) is 0 Å². The maximum atomic E-state index is 12.1. The number of aliphatic hydroxyl groups is 2. The minimum absolute atomic E-state index is 0.0961. The van der Waals surface area contributed by atoms with Crippen LogP contribution in [-0.2, 0) is 5.54 Å². The molecule has 2 N–H and O–H groups in total. The maximum absolute atomic E-state index is 12.1. The van der Waals surface area contributed by atoms with Crippen LogP contribution in [0, 0.1) is 0 Å². The summed E-state index contributed by atoms with van der Waals surface area (Å²) in [5, 5.41) is 19.3. The first kappa shape index (κ1) is 11.6. The third-order valence-corrected chi connectivity index (χ3v) is 5.48. The molecule has 1 heterocycles. The van der Waals surface area contributed by atoms with Gasteiger partial charge in [-0.2, -0.15) is 0 Å². The van der Waals surface area contributed by atoms with Gasteiger partial charge in [-0.3, -0.25) is 0 Å². The second-order valence-corrected chi connectivity index (χ2v) is 6.07. The topological polar surface area (TPSA) is 62.5 Å². The van der Waals surface area contributed by atoms with Crippen LogP contribution in [0.1, 0.15) is 6.92 Å². The van der Waals surface area contributed by atoms with Crippen molar-refractivity contribution in [2.75, 3.05) is 13.2 Å². The third-order valence-electron chi connectivity index (χ3n) is 2.66. The number of hydrogen-bond donors (Lipinski definition) is 2. The van der Waals surface area contributed by atoms with E-state index in [0.29, 0.717) is 5.39 Å². The monoisotopic (exact) mass is 287 g/mol. The minimum atomic E-state index is -0.865. The van der Waals surface area contributed by atoms with Crippen molar-refractivity contribution in [2.24, 2.45) is 0 Å². The molecule has 1 aromatic heterocycles. The Balaban J connectivity index is 2.71. The SMILES string of the molecule is CC(CO)(CO)n1[se]c2ccccc2c1=O. The van der Waals surface area contributed by atoms with E-state index in [2.05, 4.69) is 0 Å². The van der Waals surface area contributed by atoms with E-state index in [-0.39, 0.29) is 33.5 Å². The van der Waals surface area contributed by atoms with Crippen molar-refractivity contribution in [1.29, 1.82) is 0 Å². The molecule has 16 heavy (non-hydrogen) atoms. The number of nitrogens with zero attached hydrogens (tertiary/aromatic N) is 1. The Morgan fingerprint density at radius 2 is 1.94 bits per heavy atom. The summed E-state index contributed by atoms with van der Waals surface area (Å²) < 4.78 is 2.60. The molecule has 0 spiro atoms. The van der Waals surface area contributed by atoms with E-state index in [1.165, 1.54) is 0 Å². The molecule has 0 aliphatic rings. The molecule has 86 valence electrons. The van der Waals surface area contributed by atoms with Gasteiger partial charge in [-0.05, 0) is 0 Å². The van der Waals surface area contributed by atoms with E-state index < -0.39 is 5.54 Å². The van der Waals surface area contributed by atoms with Crippen molar-refractivity contribution in [3.63, 3.8) is 0 Å². The van der Waals surface area contributed by atoms with Crippen molar-refractivity contribution in [3.8, 4) is 0 Å². The molecule has 0 unspecified atom stereocenters. The normalized spacial score (nSPS) is 12.2. The summed E-state index contributed by atoms with van der Waals surface area (Å²) in [6.07, 6.45) is 0. The van der Waals surface area contributed by atoms with Gasteiger partial charge in [0.1, 0.15) is 0 Å². The second kappa shape index (κ2) is 4.18. The fraction of sp³-hybridized carbons (Fsp3) is 0.364. The van der Waals surface area contributed by atoms with Crippen LogP contribution in [0.4, 0.5) is 0 Å². The molecule has 5 heteroatoms. The summed E-state index contributed by atoms with van der Waals surface area (Å²) in [6, 6.07) is 7.43. The summed E-state index contributed by atoms with van der Waals surface area (Å²) >= 11 is -0.159. The summed E-state index contributed by atoms with van der Waals surface area (Å²) in [7, 11) is 0. The predicted octanol–water partition coefficient (Wildman–Crippen LogP) is -0.242. The van der Waals surface area contributed by atoms with Gasteiger partial charge in [0.15, 0.2) is 0 Å². The number of rotatable bonds is 3. The van der Waals surface area contributed by atoms with Gasteiger partial charge >= 0.3 is 98.5 Å². The molecule has 0 amide bonds. The van der Waals surface area contributed by atoms with E-state index in [1.807, 2.05) is 18.2 Å². The van der Waals surface area contributed by atoms with Crippen molar-refractivity contribution >= 4 is 24.4 Å². The Morgan fingerprint density at radius 3 is 2.50 bits per heavy atom. The fourth-order valence-corrected chi connectivity index (χ4v) is 3.83. The van der Waals surface area contributed by atoms with Gasteiger partial charge in [-0.25, -0.2) is 0 Å². The van der Waals surface area contributed by atoms with Gasteiger partial charge in [0.25, 0.3) is 0 Å². The van der Waals surface area contributed by atoms with Crippen molar-refractivity contribution in [1.82, 2.24) is 3.56 Å². The molecule has 0 aliphatic carbocycles. The molecule has 0 radical (unpaired) electrons. The number of fused-ring (bicyclic) bond motifs is 1. The van der Waals surface area contributed by atoms with Crippen LogP contribution < -0.4 is 5.56 Å². The number of hydrogen-bond acceptors (Lipinski definition) is 3. The van der Waals surface area contributed by atoms with E-state index in [1.54, 1.807) is 16.6 Å². The molecule has 1 aromatic carbocycles. The Hall–Kier alpha value is -0.871. The van der Waals surface area contributed by atoms with Gasteiger partial charge < -0.3 is 0 Å². The van der Waals surface area contributed by atoms with E-state index in [4.69, 9.17) is 0 Å². The van der Waals surface area contributed by atoms with Crippen LogP contribution >= 0.6 is 0 Å². The second-order valence-electron chi connectivity index (χ2n) is 4.00. The van der Waals surface area contributed by atoms with Crippen LogP contribution in [0.15, 0.2) is 29.1 Å². The van der Waals surface area contributed by atoms with Gasteiger partial charge in [0, 0.05) is 0 Å². The van der Waals surface area contributed by atoms with Crippen LogP contribution in [0.2, 0.25) is 0 Å². The van der Waals surface area contributed by atoms with Crippen molar-refractivity contribution in [3.05, 3.63) is 34.6 Å². The first-order valence-electron chi connectivity index (χ1n) is 4.95. The first-order chi connectivity index (χ1) is 7.62. The molecule has 0 saturated heterocycles.